The predicted octanol–water partition coefficient (Wildman–Crippen LogP) is 1.78. The number of esters is 1. The van der Waals surface area contributed by atoms with Crippen molar-refractivity contribution in [3.63, 3.8) is 0 Å². The van der Waals surface area contributed by atoms with Gasteiger partial charge in [-0.05, 0) is 56.4 Å². The molecule has 0 bridgehead atoms. The highest BCUT2D eigenvalue weighted by atomic mass is 16.5. The largest absolute Gasteiger partial charge is 0.496 e. The van der Waals surface area contributed by atoms with Gasteiger partial charge in [0, 0.05) is 13.1 Å². The summed E-state index contributed by atoms with van der Waals surface area (Å²) >= 11 is 0. The Bertz CT molecular complexity index is 877. The van der Waals surface area contributed by atoms with E-state index in [4.69, 9.17) is 9.47 Å². The molecule has 0 saturated carbocycles. The van der Waals surface area contributed by atoms with Crippen molar-refractivity contribution in [2.75, 3.05) is 27.3 Å². The van der Waals surface area contributed by atoms with E-state index in [1.54, 1.807) is 23.9 Å². The number of likely N-dealkylation sites (tertiary alicyclic amines) is 1. The molecule has 1 unspecified atom stereocenters. The van der Waals surface area contributed by atoms with Crippen molar-refractivity contribution < 1.29 is 19.1 Å². The number of amides is 1. The minimum atomic E-state index is -0.370. The highest BCUT2D eigenvalue weighted by Crippen LogP contribution is 2.27. The number of aromatic nitrogens is 3. The van der Waals surface area contributed by atoms with E-state index in [0.717, 1.165) is 36.5 Å². The van der Waals surface area contributed by atoms with Crippen molar-refractivity contribution in [2.45, 2.75) is 33.2 Å². The van der Waals surface area contributed by atoms with Crippen LogP contribution in [0.25, 0.3) is 0 Å². The van der Waals surface area contributed by atoms with Crippen LogP contribution in [0.2, 0.25) is 0 Å². The van der Waals surface area contributed by atoms with Crippen molar-refractivity contribution in [2.24, 2.45) is 5.92 Å². The molecule has 2 aromatic rings. The molecule has 1 aromatic carbocycles. The van der Waals surface area contributed by atoms with Gasteiger partial charge in [-0.1, -0.05) is 0 Å². The highest BCUT2D eigenvalue weighted by Gasteiger charge is 2.28. The first-order valence-electron chi connectivity index (χ1n) is 9.32. The number of nitrogens with zero attached hydrogens (tertiary/aromatic N) is 4. The summed E-state index contributed by atoms with van der Waals surface area (Å²) in [5.41, 5.74) is 1.45. The normalized spacial score (nSPS) is 16.3. The summed E-state index contributed by atoms with van der Waals surface area (Å²) in [5, 5.41) is 4.26. The summed E-state index contributed by atoms with van der Waals surface area (Å²) in [6.07, 6.45) is 1.64. The van der Waals surface area contributed by atoms with Crippen LogP contribution in [0.3, 0.4) is 0 Å². The molecule has 1 aromatic heterocycles. The fraction of sp³-hybridized carbons (Fsp3) is 0.500. The van der Waals surface area contributed by atoms with Gasteiger partial charge in [-0.3, -0.25) is 4.79 Å². The van der Waals surface area contributed by atoms with E-state index in [1.165, 1.54) is 7.11 Å². The van der Waals surface area contributed by atoms with Crippen LogP contribution in [0, 0.1) is 19.8 Å². The number of ether oxygens (including phenoxy) is 2. The predicted molar refractivity (Wildman–Crippen MR) is 102 cm³/mol. The minimum absolute atomic E-state index is 0.0470. The number of carbonyl (C=O) groups is 2. The van der Waals surface area contributed by atoms with Crippen molar-refractivity contribution in [1.29, 1.82) is 0 Å². The van der Waals surface area contributed by atoms with Gasteiger partial charge in [0.1, 0.15) is 23.9 Å². The molecule has 3 rings (SSSR count). The molecule has 0 aliphatic carbocycles. The first-order chi connectivity index (χ1) is 13.4. The third-order valence-corrected chi connectivity index (χ3v) is 5.10. The summed E-state index contributed by atoms with van der Waals surface area (Å²) in [6, 6.07) is 5.30. The first kappa shape index (κ1) is 19.9. The van der Waals surface area contributed by atoms with Crippen molar-refractivity contribution in [3.8, 4) is 5.75 Å². The van der Waals surface area contributed by atoms with Crippen LogP contribution in [0.15, 0.2) is 18.2 Å². The topological polar surface area (TPSA) is 86.5 Å². The van der Waals surface area contributed by atoms with Gasteiger partial charge in [0.2, 0.25) is 5.91 Å². The van der Waals surface area contributed by atoms with Gasteiger partial charge in [-0.15, -0.1) is 0 Å². The van der Waals surface area contributed by atoms with E-state index >= 15 is 0 Å². The number of hydrogen-bond donors (Lipinski definition) is 0. The lowest BCUT2D eigenvalue weighted by molar-refractivity contribution is -0.131. The highest BCUT2D eigenvalue weighted by molar-refractivity contribution is 5.89. The summed E-state index contributed by atoms with van der Waals surface area (Å²) < 4.78 is 11.9. The molecule has 28 heavy (non-hydrogen) atoms. The summed E-state index contributed by atoms with van der Waals surface area (Å²) in [7, 11) is 2.98. The molecule has 1 saturated heterocycles. The summed E-state index contributed by atoms with van der Waals surface area (Å²) in [6.45, 7) is 5.27. The average molecular weight is 386 g/mol. The van der Waals surface area contributed by atoms with Crippen LogP contribution in [0.5, 0.6) is 5.75 Å². The van der Waals surface area contributed by atoms with Gasteiger partial charge in [0.25, 0.3) is 0 Å². The Kier molecular flexibility index (Phi) is 5.96. The lowest BCUT2D eigenvalue weighted by Gasteiger charge is -2.18. The zero-order chi connectivity index (χ0) is 20.3. The zero-order valence-electron chi connectivity index (χ0n) is 16.8. The molecule has 1 atom stereocenters. The third-order valence-electron chi connectivity index (χ3n) is 5.10. The molecule has 1 aliphatic rings. The second-order valence-electron chi connectivity index (χ2n) is 7.08. The molecule has 8 nitrogen and oxygen atoms in total. The Balaban J connectivity index is 1.65. The molecular formula is C20H26N4O4. The first-order valence-corrected chi connectivity index (χ1v) is 9.32. The molecule has 2 heterocycles. The van der Waals surface area contributed by atoms with E-state index in [0.29, 0.717) is 23.9 Å². The van der Waals surface area contributed by atoms with E-state index in [1.807, 2.05) is 24.8 Å². The van der Waals surface area contributed by atoms with Gasteiger partial charge >= 0.3 is 5.97 Å². The molecular weight excluding hydrogens is 360 g/mol. The standard InChI is InChI=1S/C20H26N4O4/c1-13-21-14(2)24(22-13)12-19(25)23-8-7-15(11-23)9-17-10-16(20(26)28-4)5-6-18(17)27-3/h5-6,10,15H,7-9,11-12H2,1-4H3. The number of carbonyl (C=O) groups excluding carboxylic acids is 2. The summed E-state index contributed by atoms with van der Waals surface area (Å²) in [5.74, 6) is 2.14. The molecule has 8 heteroatoms. The number of methoxy groups -OCH3 is 2. The maximum absolute atomic E-state index is 12.6. The summed E-state index contributed by atoms with van der Waals surface area (Å²) in [4.78, 5) is 30.6. The van der Waals surface area contributed by atoms with E-state index in [-0.39, 0.29) is 18.4 Å². The Morgan fingerprint density at radius 3 is 2.68 bits per heavy atom. The molecule has 0 radical (unpaired) electrons. The second-order valence-corrected chi connectivity index (χ2v) is 7.08. The second kappa shape index (κ2) is 8.41. The maximum Gasteiger partial charge on any atom is 0.337 e. The van der Waals surface area contributed by atoms with Crippen LogP contribution in [0.1, 0.15) is 34.0 Å². The Labute approximate surface area is 164 Å². The molecule has 0 N–H and O–H groups in total. The van der Waals surface area contributed by atoms with Crippen molar-refractivity contribution in [1.82, 2.24) is 19.7 Å². The van der Waals surface area contributed by atoms with Gasteiger partial charge in [0.05, 0.1) is 19.8 Å². The minimum Gasteiger partial charge on any atom is -0.496 e. The molecule has 1 aliphatic heterocycles. The lowest BCUT2D eigenvalue weighted by Crippen LogP contribution is -2.32. The van der Waals surface area contributed by atoms with Crippen LogP contribution in [-0.4, -0.2) is 58.8 Å². The number of hydrogen-bond acceptors (Lipinski definition) is 6. The smallest absolute Gasteiger partial charge is 0.337 e. The average Bonchev–Trinajstić information content (AvgIpc) is 3.27. The quantitative estimate of drug-likeness (QED) is 0.704. The third kappa shape index (κ3) is 4.32. The Morgan fingerprint density at radius 1 is 1.25 bits per heavy atom. The number of rotatable bonds is 6. The van der Waals surface area contributed by atoms with E-state index in [9.17, 15) is 9.59 Å². The fourth-order valence-corrected chi connectivity index (χ4v) is 3.66. The van der Waals surface area contributed by atoms with Crippen molar-refractivity contribution >= 4 is 11.9 Å². The zero-order valence-corrected chi connectivity index (χ0v) is 16.8. The van der Waals surface area contributed by atoms with Crippen LogP contribution < -0.4 is 4.74 Å². The molecule has 1 fully saturated rings. The van der Waals surface area contributed by atoms with Crippen LogP contribution in [-0.2, 0) is 22.5 Å². The Hall–Kier alpha value is -2.90. The van der Waals surface area contributed by atoms with Crippen LogP contribution >= 0.6 is 0 Å². The lowest BCUT2D eigenvalue weighted by atomic mass is 9.96. The van der Waals surface area contributed by atoms with Gasteiger partial charge in [-0.25, -0.2) is 14.5 Å². The molecule has 150 valence electrons. The van der Waals surface area contributed by atoms with Gasteiger partial charge in [-0.2, -0.15) is 5.10 Å². The maximum atomic E-state index is 12.6. The fourth-order valence-electron chi connectivity index (χ4n) is 3.66. The van der Waals surface area contributed by atoms with Crippen molar-refractivity contribution in [3.05, 3.63) is 41.0 Å². The van der Waals surface area contributed by atoms with E-state index < -0.39 is 0 Å². The van der Waals surface area contributed by atoms with Gasteiger partial charge in [0.15, 0.2) is 0 Å². The number of aryl methyl sites for hydroxylation is 2. The molecule has 0 spiro atoms. The monoisotopic (exact) mass is 386 g/mol. The molecule has 1 amide bonds. The van der Waals surface area contributed by atoms with E-state index in [2.05, 4.69) is 10.1 Å². The van der Waals surface area contributed by atoms with Crippen LogP contribution in [0.4, 0.5) is 0 Å². The SMILES string of the molecule is COC(=O)c1ccc(OC)c(CC2CCN(C(=O)Cn3nc(C)nc3C)C2)c1. The number of benzene rings is 1. The Morgan fingerprint density at radius 2 is 2.04 bits per heavy atom. The van der Waals surface area contributed by atoms with Gasteiger partial charge < -0.3 is 14.4 Å².